The van der Waals surface area contributed by atoms with Gasteiger partial charge in [-0.15, -0.1) is 0 Å². The standard InChI is InChI=1S/C17H20N2O2/c20-12-15-11-14-3-1-2-4-16(14)19-17(15)18-8-5-13-6-9-21-10-7-13/h1-4,6,11,20H,5,7-10,12H2,(H,18,19). The number of anilines is 1. The summed E-state index contributed by atoms with van der Waals surface area (Å²) in [6, 6.07) is 9.96. The van der Waals surface area contributed by atoms with E-state index in [1.807, 2.05) is 30.3 Å². The first kappa shape index (κ1) is 14.0. The summed E-state index contributed by atoms with van der Waals surface area (Å²) in [5, 5.41) is 13.9. The van der Waals surface area contributed by atoms with Crippen molar-refractivity contribution in [2.75, 3.05) is 25.1 Å². The van der Waals surface area contributed by atoms with Crippen LogP contribution in [0.1, 0.15) is 18.4 Å². The zero-order valence-electron chi connectivity index (χ0n) is 12.0. The molecule has 2 aromatic rings. The molecule has 2 heterocycles. The number of nitrogens with one attached hydrogen (secondary N) is 1. The zero-order chi connectivity index (χ0) is 14.5. The summed E-state index contributed by atoms with van der Waals surface area (Å²) in [6.07, 6.45) is 4.16. The van der Waals surface area contributed by atoms with Crippen LogP contribution in [-0.2, 0) is 11.3 Å². The van der Waals surface area contributed by atoms with E-state index >= 15 is 0 Å². The molecular formula is C17H20N2O2. The molecule has 0 saturated heterocycles. The Morgan fingerprint density at radius 2 is 2.19 bits per heavy atom. The van der Waals surface area contributed by atoms with E-state index in [0.29, 0.717) is 0 Å². The van der Waals surface area contributed by atoms with Crippen molar-refractivity contribution in [3.05, 3.63) is 47.5 Å². The van der Waals surface area contributed by atoms with Crippen molar-refractivity contribution in [1.29, 1.82) is 0 Å². The van der Waals surface area contributed by atoms with Crippen LogP contribution in [0.25, 0.3) is 10.9 Å². The van der Waals surface area contributed by atoms with Crippen LogP contribution < -0.4 is 5.32 Å². The highest BCUT2D eigenvalue weighted by Crippen LogP contribution is 2.21. The van der Waals surface area contributed by atoms with E-state index in [1.165, 1.54) is 5.57 Å². The highest BCUT2D eigenvalue weighted by molar-refractivity contribution is 5.81. The molecule has 1 aromatic heterocycles. The summed E-state index contributed by atoms with van der Waals surface area (Å²) < 4.78 is 5.31. The second-order valence-corrected chi connectivity index (χ2v) is 5.21. The number of hydrogen-bond acceptors (Lipinski definition) is 4. The van der Waals surface area contributed by atoms with E-state index < -0.39 is 0 Å². The Hall–Kier alpha value is -1.91. The number of aliphatic hydroxyl groups is 1. The average Bonchev–Trinajstić information content (AvgIpc) is 2.55. The molecule has 0 bridgehead atoms. The fraction of sp³-hybridized carbons (Fsp3) is 0.353. The lowest BCUT2D eigenvalue weighted by molar-refractivity contribution is 0.153. The SMILES string of the molecule is OCc1cc2ccccc2nc1NCCC1=CCOCC1. The molecule has 0 spiro atoms. The molecule has 2 N–H and O–H groups in total. The van der Waals surface area contributed by atoms with E-state index in [1.54, 1.807) is 0 Å². The van der Waals surface area contributed by atoms with Crippen LogP contribution >= 0.6 is 0 Å². The topological polar surface area (TPSA) is 54.4 Å². The second kappa shape index (κ2) is 6.70. The molecule has 1 aromatic carbocycles. The van der Waals surface area contributed by atoms with Gasteiger partial charge in [-0.25, -0.2) is 4.98 Å². The number of aliphatic hydroxyl groups excluding tert-OH is 1. The third-order valence-electron chi connectivity index (χ3n) is 3.77. The highest BCUT2D eigenvalue weighted by atomic mass is 16.5. The Bertz CT molecular complexity index is 652. The quantitative estimate of drug-likeness (QED) is 0.829. The van der Waals surface area contributed by atoms with Crippen molar-refractivity contribution in [3.8, 4) is 0 Å². The van der Waals surface area contributed by atoms with Gasteiger partial charge in [-0.1, -0.05) is 29.8 Å². The molecule has 0 atom stereocenters. The average molecular weight is 284 g/mol. The molecule has 1 aliphatic rings. The maximum Gasteiger partial charge on any atom is 0.132 e. The first-order valence-corrected chi connectivity index (χ1v) is 7.36. The van der Waals surface area contributed by atoms with Crippen LogP contribution in [-0.4, -0.2) is 29.8 Å². The van der Waals surface area contributed by atoms with Gasteiger partial charge in [-0.2, -0.15) is 0 Å². The lowest BCUT2D eigenvalue weighted by atomic mass is 10.1. The first-order valence-electron chi connectivity index (χ1n) is 7.36. The molecule has 4 nitrogen and oxygen atoms in total. The first-order chi connectivity index (χ1) is 10.4. The Kier molecular flexibility index (Phi) is 4.48. The van der Waals surface area contributed by atoms with Crippen LogP contribution in [0, 0.1) is 0 Å². The van der Waals surface area contributed by atoms with Crippen molar-refractivity contribution < 1.29 is 9.84 Å². The Morgan fingerprint density at radius 3 is 3.00 bits per heavy atom. The number of benzene rings is 1. The normalized spacial score (nSPS) is 15.0. The number of fused-ring (bicyclic) bond motifs is 1. The van der Waals surface area contributed by atoms with E-state index in [2.05, 4.69) is 16.4 Å². The van der Waals surface area contributed by atoms with Gasteiger partial charge in [-0.05, 0) is 25.0 Å². The monoisotopic (exact) mass is 284 g/mol. The summed E-state index contributed by atoms with van der Waals surface area (Å²) in [6.45, 7) is 2.37. The molecular weight excluding hydrogens is 264 g/mol. The minimum absolute atomic E-state index is 0.00327. The van der Waals surface area contributed by atoms with Crippen LogP contribution in [0.15, 0.2) is 42.0 Å². The number of aromatic nitrogens is 1. The van der Waals surface area contributed by atoms with Gasteiger partial charge < -0.3 is 15.2 Å². The number of nitrogens with zero attached hydrogens (tertiary/aromatic N) is 1. The summed E-state index contributed by atoms with van der Waals surface area (Å²) in [4.78, 5) is 4.61. The van der Waals surface area contributed by atoms with Gasteiger partial charge in [0.15, 0.2) is 0 Å². The van der Waals surface area contributed by atoms with Gasteiger partial charge in [0.1, 0.15) is 5.82 Å². The zero-order valence-corrected chi connectivity index (χ0v) is 12.0. The predicted molar refractivity (Wildman–Crippen MR) is 84.3 cm³/mol. The highest BCUT2D eigenvalue weighted by Gasteiger charge is 2.07. The van der Waals surface area contributed by atoms with E-state index in [4.69, 9.17) is 4.74 Å². The van der Waals surface area contributed by atoms with Gasteiger partial charge in [0.05, 0.1) is 25.3 Å². The predicted octanol–water partition coefficient (Wildman–Crippen LogP) is 2.88. The van der Waals surface area contributed by atoms with Crippen LogP contribution in [0.4, 0.5) is 5.82 Å². The Balaban J connectivity index is 1.71. The number of ether oxygens (including phenoxy) is 1. The maximum atomic E-state index is 9.52. The van der Waals surface area contributed by atoms with Crippen molar-refractivity contribution in [2.45, 2.75) is 19.4 Å². The van der Waals surface area contributed by atoms with Gasteiger partial charge in [0, 0.05) is 17.5 Å². The fourth-order valence-electron chi connectivity index (χ4n) is 2.57. The third-order valence-corrected chi connectivity index (χ3v) is 3.77. The van der Waals surface area contributed by atoms with Crippen LogP contribution in [0.3, 0.4) is 0 Å². The van der Waals surface area contributed by atoms with Gasteiger partial charge in [0.25, 0.3) is 0 Å². The van der Waals surface area contributed by atoms with E-state index in [-0.39, 0.29) is 6.61 Å². The molecule has 0 aliphatic carbocycles. The molecule has 3 rings (SSSR count). The Labute approximate surface area is 124 Å². The van der Waals surface area contributed by atoms with Crippen molar-refractivity contribution in [3.63, 3.8) is 0 Å². The lowest BCUT2D eigenvalue weighted by Gasteiger charge is -2.15. The second-order valence-electron chi connectivity index (χ2n) is 5.21. The van der Waals surface area contributed by atoms with Crippen molar-refractivity contribution in [2.24, 2.45) is 0 Å². The summed E-state index contributed by atoms with van der Waals surface area (Å²) in [5.74, 6) is 0.781. The number of rotatable bonds is 5. The number of pyridine rings is 1. The van der Waals surface area contributed by atoms with Gasteiger partial charge in [0.2, 0.25) is 0 Å². The fourth-order valence-corrected chi connectivity index (χ4v) is 2.57. The Morgan fingerprint density at radius 1 is 1.29 bits per heavy atom. The summed E-state index contributed by atoms with van der Waals surface area (Å²) in [7, 11) is 0. The van der Waals surface area contributed by atoms with Crippen molar-refractivity contribution >= 4 is 16.7 Å². The van der Waals surface area contributed by atoms with Crippen molar-refractivity contribution in [1.82, 2.24) is 4.98 Å². The molecule has 0 unspecified atom stereocenters. The molecule has 0 saturated carbocycles. The smallest absolute Gasteiger partial charge is 0.132 e. The summed E-state index contributed by atoms with van der Waals surface area (Å²) in [5.41, 5.74) is 3.22. The van der Waals surface area contributed by atoms with Crippen LogP contribution in [0.5, 0.6) is 0 Å². The third kappa shape index (κ3) is 3.40. The largest absolute Gasteiger partial charge is 0.392 e. The van der Waals surface area contributed by atoms with E-state index in [0.717, 1.165) is 54.9 Å². The molecule has 110 valence electrons. The number of para-hydroxylation sites is 1. The molecule has 4 heteroatoms. The minimum atomic E-state index is -0.00327. The van der Waals surface area contributed by atoms with Gasteiger partial charge >= 0.3 is 0 Å². The maximum absolute atomic E-state index is 9.52. The van der Waals surface area contributed by atoms with E-state index in [9.17, 15) is 5.11 Å². The molecule has 0 amide bonds. The molecule has 1 aliphatic heterocycles. The minimum Gasteiger partial charge on any atom is -0.392 e. The number of hydrogen-bond donors (Lipinski definition) is 2. The molecule has 0 fully saturated rings. The summed E-state index contributed by atoms with van der Waals surface area (Å²) >= 11 is 0. The van der Waals surface area contributed by atoms with Gasteiger partial charge in [-0.3, -0.25) is 0 Å². The van der Waals surface area contributed by atoms with Crippen LogP contribution in [0.2, 0.25) is 0 Å². The molecule has 0 radical (unpaired) electrons. The molecule has 21 heavy (non-hydrogen) atoms. The lowest BCUT2D eigenvalue weighted by Crippen LogP contribution is -2.10.